The molecule has 1 heterocycles. The van der Waals surface area contributed by atoms with Crippen LogP contribution in [-0.4, -0.2) is 15.6 Å². The van der Waals surface area contributed by atoms with Crippen molar-refractivity contribution >= 4 is 16.9 Å². The fraction of sp³-hybridized carbons (Fsp3) is 0.438. The third kappa shape index (κ3) is 2.50. The van der Waals surface area contributed by atoms with Gasteiger partial charge in [-0.25, -0.2) is 4.79 Å². The quantitative estimate of drug-likeness (QED) is 0.881. The van der Waals surface area contributed by atoms with E-state index in [-0.39, 0.29) is 0 Å². The summed E-state index contributed by atoms with van der Waals surface area (Å²) >= 11 is 0. The summed E-state index contributed by atoms with van der Waals surface area (Å²) in [4.78, 5) is 11.4. The van der Waals surface area contributed by atoms with E-state index in [2.05, 4.69) is 30.7 Å². The van der Waals surface area contributed by atoms with Crippen molar-refractivity contribution in [2.24, 2.45) is 0 Å². The second kappa shape index (κ2) is 5.47. The standard InChI is InChI=1S/C16H21NO2/c1-4-6-7-12-10-17(5-2)15-13(12)8-11(3)9-14(15)16(18)19/h8-10H,4-7H2,1-3H3,(H,18,19). The Bertz CT molecular complexity index is 611. The molecule has 0 radical (unpaired) electrons. The van der Waals surface area contributed by atoms with Gasteiger partial charge >= 0.3 is 5.97 Å². The van der Waals surface area contributed by atoms with Gasteiger partial charge < -0.3 is 9.67 Å². The molecule has 0 aliphatic carbocycles. The van der Waals surface area contributed by atoms with Crippen molar-refractivity contribution < 1.29 is 9.90 Å². The predicted molar refractivity (Wildman–Crippen MR) is 77.9 cm³/mol. The highest BCUT2D eigenvalue weighted by molar-refractivity contribution is 6.03. The Morgan fingerprint density at radius 3 is 2.63 bits per heavy atom. The second-order valence-electron chi connectivity index (χ2n) is 5.06. The minimum atomic E-state index is -0.844. The first kappa shape index (κ1) is 13.7. The van der Waals surface area contributed by atoms with Crippen LogP contribution in [0.25, 0.3) is 10.9 Å². The van der Waals surface area contributed by atoms with Gasteiger partial charge in [0, 0.05) is 18.1 Å². The Labute approximate surface area is 113 Å². The molecule has 102 valence electrons. The van der Waals surface area contributed by atoms with E-state index >= 15 is 0 Å². The van der Waals surface area contributed by atoms with E-state index in [4.69, 9.17) is 0 Å². The number of aromatic nitrogens is 1. The first-order chi connectivity index (χ1) is 9.08. The number of carboxylic acid groups (broad SMARTS) is 1. The maximum atomic E-state index is 11.4. The van der Waals surface area contributed by atoms with Crippen molar-refractivity contribution in [3.8, 4) is 0 Å². The largest absolute Gasteiger partial charge is 0.478 e. The van der Waals surface area contributed by atoms with Gasteiger partial charge in [-0.2, -0.15) is 0 Å². The lowest BCUT2D eigenvalue weighted by molar-refractivity contribution is 0.0698. The van der Waals surface area contributed by atoms with Gasteiger partial charge in [-0.3, -0.25) is 0 Å². The maximum absolute atomic E-state index is 11.4. The Balaban J connectivity index is 2.70. The summed E-state index contributed by atoms with van der Waals surface area (Å²) in [6, 6.07) is 3.87. The maximum Gasteiger partial charge on any atom is 0.337 e. The highest BCUT2D eigenvalue weighted by atomic mass is 16.4. The first-order valence-corrected chi connectivity index (χ1v) is 6.94. The molecule has 0 aliphatic rings. The van der Waals surface area contributed by atoms with Gasteiger partial charge in [0.15, 0.2) is 0 Å². The van der Waals surface area contributed by atoms with Crippen LogP contribution in [0.5, 0.6) is 0 Å². The third-order valence-electron chi connectivity index (χ3n) is 3.57. The van der Waals surface area contributed by atoms with Crippen molar-refractivity contribution in [2.45, 2.75) is 46.6 Å². The van der Waals surface area contributed by atoms with Crippen LogP contribution in [-0.2, 0) is 13.0 Å². The van der Waals surface area contributed by atoms with Gasteiger partial charge in [0.2, 0.25) is 0 Å². The van der Waals surface area contributed by atoms with Crippen molar-refractivity contribution in [3.05, 3.63) is 35.0 Å². The van der Waals surface area contributed by atoms with Crippen LogP contribution in [0, 0.1) is 6.92 Å². The van der Waals surface area contributed by atoms with E-state index in [0.717, 1.165) is 42.3 Å². The number of benzene rings is 1. The lowest BCUT2D eigenvalue weighted by Crippen LogP contribution is -2.02. The number of rotatable bonds is 5. The highest BCUT2D eigenvalue weighted by Gasteiger charge is 2.16. The number of carbonyl (C=O) groups is 1. The molecular weight excluding hydrogens is 238 g/mol. The van der Waals surface area contributed by atoms with E-state index in [9.17, 15) is 9.90 Å². The van der Waals surface area contributed by atoms with Crippen LogP contribution in [0.15, 0.2) is 18.3 Å². The Hall–Kier alpha value is -1.77. The molecule has 19 heavy (non-hydrogen) atoms. The summed E-state index contributed by atoms with van der Waals surface area (Å²) in [6.07, 6.45) is 5.42. The van der Waals surface area contributed by atoms with Crippen molar-refractivity contribution in [1.29, 1.82) is 0 Å². The number of aromatic carboxylic acids is 1. The van der Waals surface area contributed by atoms with Gasteiger partial charge in [-0.15, -0.1) is 0 Å². The molecule has 1 N–H and O–H groups in total. The zero-order valence-electron chi connectivity index (χ0n) is 11.9. The highest BCUT2D eigenvalue weighted by Crippen LogP contribution is 2.28. The molecule has 0 aliphatic heterocycles. The lowest BCUT2D eigenvalue weighted by atomic mass is 10.0. The average Bonchev–Trinajstić information content (AvgIpc) is 2.73. The first-order valence-electron chi connectivity index (χ1n) is 6.94. The van der Waals surface area contributed by atoms with E-state index in [1.165, 1.54) is 5.56 Å². The van der Waals surface area contributed by atoms with Crippen LogP contribution >= 0.6 is 0 Å². The molecule has 1 aromatic heterocycles. The fourth-order valence-electron chi connectivity index (χ4n) is 2.63. The molecule has 3 heteroatoms. The number of nitrogens with zero attached hydrogens (tertiary/aromatic N) is 1. The number of hydrogen-bond donors (Lipinski definition) is 1. The van der Waals surface area contributed by atoms with Gasteiger partial charge in [0.1, 0.15) is 0 Å². The van der Waals surface area contributed by atoms with E-state index in [1.54, 1.807) is 6.07 Å². The SMILES string of the molecule is CCCCc1cn(CC)c2c(C(=O)O)cc(C)cc12. The van der Waals surface area contributed by atoms with E-state index < -0.39 is 5.97 Å². The molecule has 2 rings (SSSR count). The monoisotopic (exact) mass is 259 g/mol. The topological polar surface area (TPSA) is 42.2 Å². The third-order valence-corrected chi connectivity index (χ3v) is 3.57. The Morgan fingerprint density at radius 2 is 2.05 bits per heavy atom. The summed E-state index contributed by atoms with van der Waals surface area (Å²) in [5, 5.41) is 10.5. The summed E-state index contributed by atoms with van der Waals surface area (Å²) < 4.78 is 2.06. The molecule has 2 aromatic rings. The van der Waals surface area contributed by atoms with Gasteiger partial charge in [0.25, 0.3) is 0 Å². The number of aryl methyl sites for hydroxylation is 3. The van der Waals surface area contributed by atoms with Crippen molar-refractivity contribution in [3.63, 3.8) is 0 Å². The normalized spacial score (nSPS) is 11.1. The zero-order chi connectivity index (χ0) is 14.0. The van der Waals surface area contributed by atoms with Crippen molar-refractivity contribution in [1.82, 2.24) is 4.57 Å². The molecule has 0 unspecified atom stereocenters. The molecule has 0 bridgehead atoms. The second-order valence-corrected chi connectivity index (χ2v) is 5.06. The van der Waals surface area contributed by atoms with Crippen LogP contribution < -0.4 is 0 Å². The van der Waals surface area contributed by atoms with Gasteiger partial charge in [-0.05, 0) is 49.9 Å². The molecule has 3 nitrogen and oxygen atoms in total. The van der Waals surface area contributed by atoms with E-state index in [1.807, 2.05) is 6.92 Å². The number of hydrogen-bond acceptors (Lipinski definition) is 1. The van der Waals surface area contributed by atoms with E-state index in [0.29, 0.717) is 5.56 Å². The average molecular weight is 259 g/mol. The fourth-order valence-corrected chi connectivity index (χ4v) is 2.63. The van der Waals surface area contributed by atoms with Crippen LogP contribution in [0.4, 0.5) is 0 Å². The minimum absolute atomic E-state index is 0.416. The number of fused-ring (bicyclic) bond motifs is 1. The van der Waals surface area contributed by atoms with Crippen molar-refractivity contribution in [2.75, 3.05) is 0 Å². The molecule has 0 atom stereocenters. The van der Waals surface area contributed by atoms with Crippen LogP contribution in [0.1, 0.15) is 48.2 Å². The zero-order valence-corrected chi connectivity index (χ0v) is 11.9. The van der Waals surface area contributed by atoms with Crippen LogP contribution in [0.3, 0.4) is 0 Å². The molecule has 1 aromatic carbocycles. The number of carboxylic acids is 1. The Kier molecular flexibility index (Phi) is 3.93. The summed E-state index contributed by atoms with van der Waals surface area (Å²) in [7, 11) is 0. The molecular formula is C16H21NO2. The molecule has 0 spiro atoms. The number of unbranched alkanes of at least 4 members (excludes halogenated alkanes) is 1. The smallest absolute Gasteiger partial charge is 0.337 e. The van der Waals surface area contributed by atoms with Gasteiger partial charge in [0.05, 0.1) is 11.1 Å². The van der Waals surface area contributed by atoms with Gasteiger partial charge in [-0.1, -0.05) is 13.3 Å². The van der Waals surface area contributed by atoms with Crippen LogP contribution in [0.2, 0.25) is 0 Å². The molecule has 0 amide bonds. The summed E-state index contributed by atoms with van der Waals surface area (Å²) in [5.41, 5.74) is 3.56. The Morgan fingerprint density at radius 1 is 1.32 bits per heavy atom. The predicted octanol–water partition coefficient (Wildman–Crippen LogP) is 4.01. The minimum Gasteiger partial charge on any atom is -0.478 e. The summed E-state index contributed by atoms with van der Waals surface area (Å²) in [6.45, 7) is 6.98. The molecule has 0 saturated carbocycles. The molecule has 0 saturated heterocycles. The molecule has 0 fully saturated rings. The lowest BCUT2D eigenvalue weighted by Gasteiger charge is -2.06. The summed E-state index contributed by atoms with van der Waals surface area (Å²) in [5.74, 6) is -0.844.